The number of carbonyl (C=O) groups is 1. The predicted octanol–water partition coefficient (Wildman–Crippen LogP) is 4.42. The second kappa shape index (κ2) is 9.92. The number of hydrogen-bond acceptors (Lipinski definition) is 7. The Labute approximate surface area is 154 Å². The van der Waals surface area contributed by atoms with Crippen LogP contribution < -0.4 is 10.1 Å². The Hall–Kier alpha value is -1.60. The summed E-state index contributed by atoms with van der Waals surface area (Å²) in [5.74, 6) is 0.627. The predicted molar refractivity (Wildman–Crippen MR) is 97.0 cm³/mol. The second-order valence-corrected chi connectivity index (χ2v) is 7.81. The summed E-state index contributed by atoms with van der Waals surface area (Å²) in [5.41, 5.74) is -0.172. The van der Waals surface area contributed by atoms with Gasteiger partial charge in [-0.15, -0.1) is 0 Å². The van der Waals surface area contributed by atoms with Gasteiger partial charge in [-0.3, -0.25) is 18.9 Å². The van der Waals surface area contributed by atoms with Crippen LogP contribution in [0.25, 0.3) is 0 Å². The van der Waals surface area contributed by atoms with E-state index in [2.05, 4.69) is 5.32 Å². The summed E-state index contributed by atoms with van der Waals surface area (Å²) in [6, 6.07) is 6.72. The van der Waals surface area contributed by atoms with E-state index in [9.17, 15) is 9.36 Å². The lowest BCUT2D eigenvalue weighted by molar-refractivity contribution is 0.0284. The molecule has 0 saturated carbocycles. The van der Waals surface area contributed by atoms with Crippen LogP contribution in [0.15, 0.2) is 24.3 Å². The highest BCUT2D eigenvalue weighted by molar-refractivity contribution is 7.48. The van der Waals surface area contributed by atoms with E-state index >= 15 is 0 Å². The van der Waals surface area contributed by atoms with E-state index in [4.69, 9.17) is 23.0 Å². The van der Waals surface area contributed by atoms with Crippen LogP contribution in [0.2, 0.25) is 0 Å². The molecule has 1 N–H and O–H groups in total. The lowest BCUT2D eigenvalue weighted by Gasteiger charge is -2.26. The number of phosphoric acid groups is 1. The number of nitrogens with one attached hydrogen (secondary N) is 1. The molecule has 0 aromatic heterocycles. The number of alkyl carbamates (subject to hydrolysis) is 1. The quantitative estimate of drug-likeness (QED) is 0.494. The molecule has 8 nitrogen and oxygen atoms in total. The fraction of sp³-hybridized carbons (Fsp3) is 0.588. The summed E-state index contributed by atoms with van der Waals surface area (Å²) in [5, 5.41) is 2.54. The van der Waals surface area contributed by atoms with Crippen molar-refractivity contribution in [1.29, 1.82) is 0 Å². The molecule has 0 fully saturated rings. The SMILES string of the molecule is CCOP(=O)(OCC)OC(NC(=O)OC(C)(C)C)c1ccc(OC)cc1. The van der Waals surface area contributed by atoms with Gasteiger partial charge in [0.1, 0.15) is 11.4 Å². The molecule has 0 aliphatic rings. The van der Waals surface area contributed by atoms with Gasteiger partial charge >= 0.3 is 13.9 Å². The number of hydrogen-bond donors (Lipinski definition) is 1. The summed E-state index contributed by atoms with van der Waals surface area (Å²) in [6.07, 6.45) is -1.82. The third-order valence-corrected chi connectivity index (χ3v) is 4.49. The van der Waals surface area contributed by atoms with E-state index in [1.807, 2.05) is 0 Å². The first-order chi connectivity index (χ1) is 12.1. The first kappa shape index (κ1) is 22.4. The topological polar surface area (TPSA) is 92.3 Å². The standard InChI is InChI=1S/C17H28NO7P/c1-7-22-26(20,23-8-2)25-15(18-16(19)24-17(3,4)5)13-9-11-14(21-6)12-10-13/h9-12,15H,7-8H2,1-6H3,(H,18,19). The summed E-state index contributed by atoms with van der Waals surface area (Å²) < 4.78 is 38.9. The average molecular weight is 389 g/mol. The van der Waals surface area contributed by atoms with Crippen LogP contribution in [0.1, 0.15) is 46.4 Å². The molecule has 0 spiro atoms. The first-order valence-electron chi connectivity index (χ1n) is 8.33. The molecule has 1 amide bonds. The van der Waals surface area contributed by atoms with Crippen molar-refractivity contribution in [1.82, 2.24) is 5.32 Å². The minimum atomic E-state index is -3.87. The summed E-state index contributed by atoms with van der Waals surface area (Å²) in [7, 11) is -2.33. The number of rotatable bonds is 9. The lowest BCUT2D eigenvalue weighted by atomic mass is 10.2. The fourth-order valence-electron chi connectivity index (χ4n) is 1.91. The Kier molecular flexibility index (Phi) is 8.56. The number of phosphoric ester groups is 1. The first-order valence-corrected chi connectivity index (χ1v) is 9.79. The highest BCUT2D eigenvalue weighted by Gasteiger charge is 2.32. The molecule has 1 aromatic carbocycles. The van der Waals surface area contributed by atoms with Gasteiger partial charge in [0.25, 0.3) is 0 Å². The summed E-state index contributed by atoms with van der Waals surface area (Å²) in [4.78, 5) is 12.2. The van der Waals surface area contributed by atoms with Gasteiger partial charge in [-0.05, 0) is 46.8 Å². The maximum Gasteiger partial charge on any atom is 0.476 e. The van der Waals surface area contributed by atoms with Crippen molar-refractivity contribution in [3.63, 3.8) is 0 Å². The van der Waals surface area contributed by atoms with E-state index in [0.717, 1.165) is 0 Å². The number of methoxy groups -OCH3 is 1. The van der Waals surface area contributed by atoms with Gasteiger partial charge in [0.05, 0.1) is 20.3 Å². The monoisotopic (exact) mass is 389 g/mol. The van der Waals surface area contributed by atoms with Crippen molar-refractivity contribution >= 4 is 13.9 Å². The van der Waals surface area contributed by atoms with Crippen molar-refractivity contribution < 1.29 is 32.4 Å². The van der Waals surface area contributed by atoms with Gasteiger partial charge in [-0.1, -0.05) is 12.1 Å². The lowest BCUT2D eigenvalue weighted by Crippen LogP contribution is -2.35. The van der Waals surface area contributed by atoms with Crippen LogP contribution in [-0.2, 0) is 22.9 Å². The molecule has 26 heavy (non-hydrogen) atoms. The number of benzene rings is 1. The van der Waals surface area contributed by atoms with E-state index < -0.39 is 25.7 Å². The zero-order chi connectivity index (χ0) is 19.8. The minimum absolute atomic E-state index is 0.124. The molecule has 9 heteroatoms. The fourth-order valence-corrected chi connectivity index (χ4v) is 3.17. The van der Waals surface area contributed by atoms with Crippen LogP contribution in [0.3, 0.4) is 0 Å². The molecular weight excluding hydrogens is 361 g/mol. The Morgan fingerprint density at radius 3 is 2.08 bits per heavy atom. The molecular formula is C17H28NO7P. The average Bonchev–Trinajstić information content (AvgIpc) is 2.53. The summed E-state index contributed by atoms with van der Waals surface area (Å²) in [6.45, 7) is 8.79. The van der Waals surface area contributed by atoms with Crippen LogP contribution >= 0.6 is 7.82 Å². The Bertz CT molecular complexity index is 603. The van der Waals surface area contributed by atoms with Crippen molar-refractivity contribution in [3.05, 3.63) is 29.8 Å². The zero-order valence-electron chi connectivity index (χ0n) is 16.1. The molecule has 1 rings (SSSR count). The smallest absolute Gasteiger partial charge is 0.476 e. The summed E-state index contributed by atoms with van der Waals surface area (Å²) >= 11 is 0. The zero-order valence-corrected chi connectivity index (χ0v) is 17.0. The Morgan fingerprint density at radius 2 is 1.65 bits per heavy atom. The molecule has 1 aromatic rings. The number of amides is 1. The third-order valence-electron chi connectivity index (χ3n) is 2.88. The van der Waals surface area contributed by atoms with Gasteiger partial charge in [0, 0.05) is 5.56 Å². The molecule has 0 radical (unpaired) electrons. The number of ether oxygens (including phenoxy) is 2. The van der Waals surface area contributed by atoms with Crippen molar-refractivity contribution in [2.75, 3.05) is 20.3 Å². The van der Waals surface area contributed by atoms with E-state index in [1.54, 1.807) is 66.0 Å². The van der Waals surface area contributed by atoms with Gasteiger partial charge in [0.15, 0.2) is 6.23 Å². The molecule has 1 atom stereocenters. The molecule has 148 valence electrons. The highest BCUT2D eigenvalue weighted by atomic mass is 31.2. The highest BCUT2D eigenvalue weighted by Crippen LogP contribution is 2.52. The molecule has 0 bridgehead atoms. The van der Waals surface area contributed by atoms with Crippen LogP contribution in [0.5, 0.6) is 5.75 Å². The normalized spacial score (nSPS) is 13.2. The van der Waals surface area contributed by atoms with Crippen LogP contribution in [-0.4, -0.2) is 32.0 Å². The molecule has 0 saturated heterocycles. The Morgan fingerprint density at radius 1 is 1.12 bits per heavy atom. The second-order valence-electron chi connectivity index (χ2n) is 6.19. The largest absolute Gasteiger partial charge is 0.497 e. The molecule has 1 unspecified atom stereocenters. The van der Waals surface area contributed by atoms with Crippen LogP contribution in [0.4, 0.5) is 4.79 Å². The molecule has 0 aliphatic heterocycles. The molecule has 0 heterocycles. The molecule has 0 aliphatic carbocycles. The van der Waals surface area contributed by atoms with Crippen molar-refractivity contribution in [3.8, 4) is 5.75 Å². The maximum absolute atomic E-state index is 12.7. The van der Waals surface area contributed by atoms with Crippen molar-refractivity contribution in [2.45, 2.75) is 46.4 Å². The van der Waals surface area contributed by atoms with E-state index in [0.29, 0.717) is 11.3 Å². The van der Waals surface area contributed by atoms with Gasteiger partial charge in [-0.2, -0.15) is 0 Å². The van der Waals surface area contributed by atoms with Gasteiger partial charge in [-0.25, -0.2) is 9.36 Å². The van der Waals surface area contributed by atoms with Crippen LogP contribution in [0, 0.1) is 0 Å². The minimum Gasteiger partial charge on any atom is -0.497 e. The van der Waals surface area contributed by atoms with Gasteiger partial charge in [0.2, 0.25) is 0 Å². The van der Waals surface area contributed by atoms with Gasteiger partial charge < -0.3 is 9.47 Å². The third kappa shape index (κ3) is 7.74. The Balaban J connectivity index is 3.06. The maximum atomic E-state index is 12.7. The number of carbonyl (C=O) groups excluding carboxylic acids is 1. The van der Waals surface area contributed by atoms with E-state index in [-0.39, 0.29) is 13.2 Å². The van der Waals surface area contributed by atoms with E-state index in [1.165, 1.54) is 0 Å². The van der Waals surface area contributed by atoms with Crippen molar-refractivity contribution in [2.24, 2.45) is 0 Å².